The van der Waals surface area contributed by atoms with Gasteiger partial charge in [0.2, 0.25) is 11.8 Å². The van der Waals surface area contributed by atoms with Crippen molar-refractivity contribution in [3.8, 4) is 6.07 Å². The summed E-state index contributed by atoms with van der Waals surface area (Å²) in [7, 11) is 0. The minimum atomic E-state index is -0.617. The number of hydrogen-bond acceptors (Lipinski definition) is 9. The van der Waals surface area contributed by atoms with Gasteiger partial charge in [0, 0.05) is 11.8 Å². The molecular formula is C33H27N5O5S2. The van der Waals surface area contributed by atoms with Crippen LogP contribution in [-0.4, -0.2) is 27.6 Å². The van der Waals surface area contributed by atoms with Crippen LogP contribution in [0.4, 0.5) is 17.1 Å². The Morgan fingerprint density at radius 1 is 1.07 bits per heavy atom. The lowest BCUT2D eigenvalue weighted by Gasteiger charge is -2.19. The molecule has 1 aromatic heterocycles. The quantitative estimate of drug-likeness (QED) is 0.0736. The Morgan fingerprint density at radius 3 is 2.40 bits per heavy atom. The molecule has 6 rings (SSSR count). The Morgan fingerprint density at radius 2 is 1.76 bits per heavy atom. The number of nitrogens with zero attached hydrogens (tertiary/aromatic N) is 4. The van der Waals surface area contributed by atoms with Gasteiger partial charge >= 0.3 is 0 Å². The number of aromatic nitrogens is 1. The molecule has 226 valence electrons. The van der Waals surface area contributed by atoms with Crippen LogP contribution in [0.5, 0.6) is 0 Å². The van der Waals surface area contributed by atoms with Gasteiger partial charge in [0.1, 0.15) is 11.6 Å². The van der Waals surface area contributed by atoms with Crippen LogP contribution >= 0.6 is 23.1 Å². The van der Waals surface area contributed by atoms with Gasteiger partial charge in [0.25, 0.3) is 11.6 Å². The number of thiazole rings is 1. The molecule has 0 spiro atoms. The number of rotatable bonds is 7. The normalized spacial score (nSPS) is 18.2. The summed E-state index contributed by atoms with van der Waals surface area (Å²) in [5.74, 6) is -1.40. The molecule has 12 heteroatoms. The summed E-state index contributed by atoms with van der Waals surface area (Å²) in [6.45, 7) is 3.80. The molecule has 0 radical (unpaired) electrons. The van der Waals surface area contributed by atoms with Gasteiger partial charge in [-0.3, -0.25) is 29.4 Å². The fraction of sp³-hybridized carbons (Fsp3) is 0.242. The van der Waals surface area contributed by atoms with Crippen LogP contribution in [0.15, 0.2) is 69.4 Å². The van der Waals surface area contributed by atoms with E-state index in [1.807, 2.05) is 26.0 Å². The zero-order chi connectivity index (χ0) is 31.8. The summed E-state index contributed by atoms with van der Waals surface area (Å²) >= 11 is 2.43. The highest BCUT2D eigenvalue weighted by molar-refractivity contribution is 8.01. The topological polar surface area (TPSA) is 146 Å². The van der Waals surface area contributed by atoms with E-state index in [-0.39, 0.29) is 34.9 Å². The van der Waals surface area contributed by atoms with E-state index in [1.165, 1.54) is 28.4 Å². The maximum Gasteiger partial charge on any atom is 0.283 e. The van der Waals surface area contributed by atoms with Crippen LogP contribution in [-0.2, 0) is 14.4 Å². The van der Waals surface area contributed by atoms with Crippen LogP contribution < -0.4 is 10.2 Å². The van der Waals surface area contributed by atoms with E-state index in [0.29, 0.717) is 31.7 Å². The number of anilines is 2. The minimum Gasteiger partial charge on any atom is -0.321 e. The predicted molar refractivity (Wildman–Crippen MR) is 173 cm³/mol. The molecule has 45 heavy (non-hydrogen) atoms. The van der Waals surface area contributed by atoms with Crippen LogP contribution in [0.1, 0.15) is 42.4 Å². The molecule has 1 aliphatic heterocycles. The SMILES string of the molecule is Cc1cc(C)cc(NC(=O)/C(C#N)=C/c2ccc(Sc3nc4ccc(N5C(=O)[C@H]6CCCC[C@H]6C5=O)cc4s3)c([N+](=O)[O-])c2)c1. The highest BCUT2D eigenvalue weighted by Crippen LogP contribution is 2.43. The lowest BCUT2D eigenvalue weighted by atomic mass is 9.81. The number of benzene rings is 3. The Hall–Kier alpha value is -4.86. The van der Waals surface area contributed by atoms with E-state index in [0.717, 1.165) is 53.3 Å². The number of nitro benzene ring substituents is 1. The van der Waals surface area contributed by atoms with Gasteiger partial charge in [0.15, 0.2) is 4.34 Å². The summed E-state index contributed by atoms with van der Waals surface area (Å²) in [5, 5.41) is 24.4. The standard InChI is InChI=1S/C33H27N5O5S2/c1-18-11-19(2)13-22(12-18)35-30(39)21(17-34)14-20-7-10-28(27(15-20)38(42)43)44-33-36-26-9-8-23(16-29(26)45-33)37-31(40)24-5-3-4-6-25(24)32(37)41/h7-16,24-25H,3-6H2,1-2H3,(H,35,39)/b21-14+/t24-,25+. The molecule has 2 fully saturated rings. The lowest BCUT2D eigenvalue weighted by molar-refractivity contribution is -0.387. The van der Waals surface area contributed by atoms with Crippen molar-refractivity contribution in [3.63, 3.8) is 0 Å². The van der Waals surface area contributed by atoms with E-state index < -0.39 is 10.8 Å². The van der Waals surface area contributed by atoms with Gasteiger partial charge in [-0.2, -0.15) is 5.26 Å². The van der Waals surface area contributed by atoms with Crippen LogP contribution in [0, 0.1) is 47.1 Å². The van der Waals surface area contributed by atoms with E-state index in [4.69, 9.17) is 0 Å². The average molecular weight is 638 g/mol. The third kappa shape index (κ3) is 6.09. The maximum atomic E-state index is 13.1. The molecule has 10 nitrogen and oxygen atoms in total. The summed E-state index contributed by atoms with van der Waals surface area (Å²) in [6, 6.07) is 17.2. The van der Waals surface area contributed by atoms with Crippen LogP contribution in [0.3, 0.4) is 0 Å². The zero-order valence-corrected chi connectivity index (χ0v) is 26.0. The van der Waals surface area contributed by atoms with E-state index >= 15 is 0 Å². The van der Waals surface area contributed by atoms with Crippen molar-refractivity contribution < 1.29 is 19.3 Å². The number of aryl methyl sites for hydroxylation is 2. The Labute approximate surface area is 266 Å². The molecule has 1 saturated carbocycles. The molecule has 0 unspecified atom stereocenters. The number of nitro groups is 1. The minimum absolute atomic E-state index is 0.143. The fourth-order valence-corrected chi connectivity index (χ4v) is 8.14. The first-order valence-corrected chi connectivity index (χ1v) is 16.0. The van der Waals surface area contributed by atoms with E-state index in [2.05, 4.69) is 10.3 Å². The summed E-state index contributed by atoms with van der Waals surface area (Å²) in [5.41, 5.74) is 3.57. The third-order valence-corrected chi connectivity index (χ3v) is 10.1. The van der Waals surface area contributed by atoms with Crippen molar-refractivity contribution in [1.29, 1.82) is 5.26 Å². The molecule has 1 saturated heterocycles. The summed E-state index contributed by atoms with van der Waals surface area (Å²) < 4.78 is 1.30. The first-order chi connectivity index (χ1) is 21.6. The van der Waals surface area contributed by atoms with Crippen molar-refractivity contribution in [2.45, 2.75) is 48.8 Å². The van der Waals surface area contributed by atoms with E-state index in [1.54, 1.807) is 42.5 Å². The second kappa shape index (κ2) is 12.3. The number of carbonyl (C=O) groups is 3. The monoisotopic (exact) mass is 637 g/mol. The summed E-state index contributed by atoms with van der Waals surface area (Å²) in [6.07, 6.45) is 4.69. The number of imide groups is 1. The number of carbonyl (C=O) groups excluding carboxylic acids is 3. The Kier molecular flexibility index (Phi) is 8.22. The molecule has 2 atom stereocenters. The largest absolute Gasteiger partial charge is 0.321 e. The molecular weight excluding hydrogens is 611 g/mol. The first-order valence-electron chi connectivity index (χ1n) is 14.4. The Balaban J connectivity index is 1.23. The Bertz CT molecular complexity index is 1930. The number of hydrogen-bond donors (Lipinski definition) is 1. The van der Waals surface area contributed by atoms with Gasteiger partial charge in [-0.1, -0.05) is 36.7 Å². The smallest absolute Gasteiger partial charge is 0.283 e. The maximum absolute atomic E-state index is 13.1. The first kappa shape index (κ1) is 30.2. The predicted octanol–water partition coefficient (Wildman–Crippen LogP) is 7.20. The summed E-state index contributed by atoms with van der Waals surface area (Å²) in [4.78, 5) is 56.7. The molecule has 1 N–H and O–H groups in total. The van der Waals surface area contributed by atoms with Gasteiger partial charge in [-0.05, 0) is 85.9 Å². The lowest BCUT2D eigenvalue weighted by Crippen LogP contribution is -2.30. The van der Waals surface area contributed by atoms with Crippen LogP contribution in [0.25, 0.3) is 16.3 Å². The second-order valence-electron chi connectivity index (χ2n) is 11.2. The van der Waals surface area contributed by atoms with Crippen molar-refractivity contribution in [2.24, 2.45) is 11.8 Å². The highest BCUT2D eigenvalue weighted by Gasteiger charge is 2.48. The molecule has 3 aromatic carbocycles. The molecule has 2 aliphatic rings. The molecule has 1 aliphatic carbocycles. The molecule has 2 heterocycles. The second-order valence-corrected chi connectivity index (χ2v) is 13.5. The van der Waals surface area contributed by atoms with E-state index in [9.17, 15) is 29.8 Å². The van der Waals surface area contributed by atoms with Crippen molar-refractivity contribution in [1.82, 2.24) is 4.98 Å². The van der Waals surface area contributed by atoms with Crippen LogP contribution in [0.2, 0.25) is 0 Å². The van der Waals surface area contributed by atoms with Gasteiger partial charge in [-0.15, -0.1) is 11.3 Å². The number of amides is 3. The van der Waals surface area contributed by atoms with Crippen molar-refractivity contribution in [2.75, 3.05) is 10.2 Å². The average Bonchev–Trinajstić information content (AvgIpc) is 3.52. The van der Waals surface area contributed by atoms with Gasteiger partial charge in [0.05, 0.1) is 37.6 Å². The number of nitriles is 1. The number of nitrogens with one attached hydrogen (secondary N) is 1. The number of fused-ring (bicyclic) bond motifs is 2. The zero-order valence-electron chi connectivity index (χ0n) is 24.4. The fourth-order valence-electron chi connectivity index (χ4n) is 6.00. The molecule has 4 aromatic rings. The third-order valence-electron chi connectivity index (χ3n) is 7.98. The van der Waals surface area contributed by atoms with Crippen molar-refractivity contribution in [3.05, 3.63) is 87.0 Å². The van der Waals surface area contributed by atoms with Gasteiger partial charge < -0.3 is 5.32 Å². The van der Waals surface area contributed by atoms with Gasteiger partial charge in [-0.25, -0.2) is 4.98 Å². The highest BCUT2D eigenvalue weighted by atomic mass is 32.2. The van der Waals surface area contributed by atoms with Crippen molar-refractivity contribution >= 4 is 74.2 Å². The molecule has 3 amide bonds. The molecule has 0 bridgehead atoms.